The molecule has 0 aliphatic heterocycles. The van der Waals surface area contributed by atoms with Gasteiger partial charge >= 0.3 is 10.2 Å². The molecule has 0 aliphatic rings. The highest BCUT2D eigenvalue weighted by atomic mass is 32.2. The van der Waals surface area contributed by atoms with E-state index in [1.807, 2.05) is 12.1 Å². The fourth-order valence-electron chi connectivity index (χ4n) is 1.98. The Balaban J connectivity index is 2.07. The van der Waals surface area contributed by atoms with Gasteiger partial charge in [0.25, 0.3) is 0 Å². The zero-order valence-electron chi connectivity index (χ0n) is 12.8. The van der Waals surface area contributed by atoms with Gasteiger partial charge in [0.2, 0.25) is 0 Å². The van der Waals surface area contributed by atoms with Gasteiger partial charge in [-0.25, -0.2) is 8.96 Å². The number of aromatic nitrogens is 2. The molecule has 0 radical (unpaired) electrons. The summed E-state index contributed by atoms with van der Waals surface area (Å²) in [4.78, 5) is 3.76. The van der Waals surface area contributed by atoms with Crippen molar-refractivity contribution in [3.8, 4) is 11.5 Å². The summed E-state index contributed by atoms with van der Waals surface area (Å²) in [6, 6.07) is 5.54. The molecule has 1 aromatic carbocycles. The molecule has 0 aliphatic carbocycles. The number of hydrogen-bond donors (Lipinski definition) is 0. The Morgan fingerprint density at radius 2 is 1.95 bits per heavy atom. The summed E-state index contributed by atoms with van der Waals surface area (Å²) in [6.07, 6.45) is 4.66. The van der Waals surface area contributed by atoms with Crippen LogP contribution < -0.4 is 9.47 Å². The van der Waals surface area contributed by atoms with E-state index in [1.165, 1.54) is 30.1 Å². The highest BCUT2D eigenvalue weighted by Gasteiger charge is 2.19. The number of likely N-dealkylation sites (N-methyl/N-ethyl adjacent to an activating group) is 1. The van der Waals surface area contributed by atoms with Gasteiger partial charge in [-0.15, -0.1) is 0 Å². The van der Waals surface area contributed by atoms with Crippen molar-refractivity contribution in [3.63, 3.8) is 0 Å². The van der Waals surface area contributed by atoms with Gasteiger partial charge in [0.1, 0.15) is 6.33 Å². The van der Waals surface area contributed by atoms with E-state index in [9.17, 15) is 8.42 Å². The van der Waals surface area contributed by atoms with Gasteiger partial charge in [0.15, 0.2) is 11.5 Å². The van der Waals surface area contributed by atoms with Crippen molar-refractivity contribution in [2.45, 2.75) is 6.42 Å². The number of hydrogen-bond acceptors (Lipinski definition) is 5. The van der Waals surface area contributed by atoms with Crippen LogP contribution in [-0.2, 0) is 16.6 Å². The molecule has 0 unspecified atom stereocenters. The van der Waals surface area contributed by atoms with E-state index >= 15 is 0 Å². The molecule has 1 aromatic heterocycles. The molecule has 8 heteroatoms. The molecule has 22 heavy (non-hydrogen) atoms. The van der Waals surface area contributed by atoms with Crippen LogP contribution in [0.25, 0.3) is 0 Å². The van der Waals surface area contributed by atoms with E-state index in [0.29, 0.717) is 24.5 Å². The molecule has 7 nitrogen and oxygen atoms in total. The number of benzene rings is 1. The summed E-state index contributed by atoms with van der Waals surface area (Å²) < 4.78 is 37.3. The highest BCUT2D eigenvalue weighted by molar-refractivity contribution is 7.87. The second-order valence-electron chi connectivity index (χ2n) is 4.66. The average molecular weight is 325 g/mol. The minimum absolute atomic E-state index is 0.343. The molecule has 0 saturated carbocycles. The van der Waals surface area contributed by atoms with Gasteiger partial charge in [-0.1, -0.05) is 6.07 Å². The van der Waals surface area contributed by atoms with E-state index in [4.69, 9.17) is 9.47 Å². The Labute approximate surface area is 130 Å². The minimum atomic E-state index is -3.56. The van der Waals surface area contributed by atoms with Crippen LogP contribution in [0, 0.1) is 0 Å². The zero-order chi connectivity index (χ0) is 16.2. The molecule has 0 amide bonds. The van der Waals surface area contributed by atoms with Crippen LogP contribution in [0.1, 0.15) is 5.56 Å². The van der Waals surface area contributed by atoms with Gasteiger partial charge < -0.3 is 9.47 Å². The van der Waals surface area contributed by atoms with Crippen LogP contribution in [0.3, 0.4) is 0 Å². The molecule has 0 fully saturated rings. The van der Waals surface area contributed by atoms with Crippen LogP contribution in [0.4, 0.5) is 0 Å². The van der Waals surface area contributed by atoms with Crippen molar-refractivity contribution in [1.29, 1.82) is 0 Å². The summed E-state index contributed by atoms with van der Waals surface area (Å²) in [7, 11) is 1.11. The first-order valence-corrected chi connectivity index (χ1v) is 8.04. The number of rotatable bonds is 7. The predicted octanol–water partition coefficient (Wildman–Crippen LogP) is 1.17. The third-order valence-electron chi connectivity index (χ3n) is 3.30. The van der Waals surface area contributed by atoms with Crippen molar-refractivity contribution in [2.24, 2.45) is 0 Å². The number of ether oxygens (including phenoxy) is 2. The summed E-state index contributed by atoms with van der Waals surface area (Å²) in [5.74, 6) is 1.27. The first-order chi connectivity index (χ1) is 10.5. The van der Waals surface area contributed by atoms with E-state index in [-0.39, 0.29) is 0 Å². The van der Waals surface area contributed by atoms with Crippen molar-refractivity contribution < 1.29 is 17.9 Å². The van der Waals surface area contributed by atoms with E-state index in [1.54, 1.807) is 20.3 Å². The molecule has 1 heterocycles. The van der Waals surface area contributed by atoms with Crippen LogP contribution >= 0.6 is 0 Å². The molecular weight excluding hydrogens is 306 g/mol. The van der Waals surface area contributed by atoms with Gasteiger partial charge in [-0.05, 0) is 24.1 Å². The smallest absolute Gasteiger partial charge is 0.308 e. The number of nitrogens with zero attached hydrogens (tertiary/aromatic N) is 3. The number of imidazole rings is 1. The maximum atomic E-state index is 12.2. The summed E-state index contributed by atoms with van der Waals surface area (Å²) >= 11 is 0. The molecule has 2 rings (SSSR count). The normalized spacial score (nSPS) is 11.6. The van der Waals surface area contributed by atoms with E-state index in [0.717, 1.165) is 9.54 Å². The van der Waals surface area contributed by atoms with Gasteiger partial charge in [-0.3, -0.25) is 0 Å². The van der Waals surface area contributed by atoms with Crippen molar-refractivity contribution in [2.75, 3.05) is 27.8 Å². The molecule has 2 aromatic rings. The van der Waals surface area contributed by atoms with Crippen LogP contribution in [-0.4, -0.2) is 49.5 Å². The molecular formula is C14H19N3O4S. The third kappa shape index (κ3) is 3.40. The summed E-state index contributed by atoms with van der Waals surface area (Å²) in [6.45, 7) is 0.343. The van der Waals surface area contributed by atoms with Crippen molar-refractivity contribution in [3.05, 3.63) is 42.5 Å². The second kappa shape index (κ2) is 6.80. The standard InChI is InChI=1S/C14H19N3O4S/c1-16(22(18,19)17-9-7-15-11-17)8-6-12-4-5-13(20-2)14(10-12)21-3/h4-5,7,9-11H,6,8H2,1-3H3. The first kappa shape index (κ1) is 16.3. The van der Waals surface area contributed by atoms with Crippen LogP contribution in [0.15, 0.2) is 36.9 Å². The third-order valence-corrected chi connectivity index (χ3v) is 5.02. The zero-order valence-corrected chi connectivity index (χ0v) is 13.6. The first-order valence-electron chi connectivity index (χ1n) is 6.64. The molecule has 0 N–H and O–H groups in total. The Kier molecular flexibility index (Phi) is 5.04. The van der Waals surface area contributed by atoms with Crippen LogP contribution in [0.5, 0.6) is 11.5 Å². The monoisotopic (exact) mass is 325 g/mol. The largest absolute Gasteiger partial charge is 0.493 e. The lowest BCUT2D eigenvalue weighted by molar-refractivity contribution is 0.354. The second-order valence-corrected chi connectivity index (χ2v) is 6.60. The van der Waals surface area contributed by atoms with Crippen LogP contribution in [0.2, 0.25) is 0 Å². The molecule has 0 spiro atoms. The van der Waals surface area contributed by atoms with Crippen molar-refractivity contribution in [1.82, 2.24) is 13.3 Å². The fourth-order valence-corrected chi connectivity index (χ4v) is 3.01. The molecule has 0 saturated heterocycles. The summed E-state index contributed by atoms with van der Waals surface area (Å²) in [5, 5.41) is 0. The Bertz CT molecular complexity index is 714. The quantitative estimate of drug-likeness (QED) is 0.764. The fraction of sp³-hybridized carbons (Fsp3) is 0.357. The topological polar surface area (TPSA) is 73.7 Å². The van der Waals surface area contributed by atoms with E-state index < -0.39 is 10.2 Å². The van der Waals surface area contributed by atoms with Gasteiger partial charge in [-0.2, -0.15) is 12.7 Å². The predicted molar refractivity (Wildman–Crippen MR) is 82.4 cm³/mol. The Morgan fingerprint density at radius 3 is 2.55 bits per heavy atom. The average Bonchev–Trinajstić information content (AvgIpc) is 3.07. The SMILES string of the molecule is COc1ccc(CCN(C)S(=O)(=O)n2ccnc2)cc1OC. The Hall–Kier alpha value is -2.06. The highest BCUT2D eigenvalue weighted by Crippen LogP contribution is 2.27. The van der Waals surface area contributed by atoms with E-state index in [2.05, 4.69) is 4.98 Å². The lowest BCUT2D eigenvalue weighted by Crippen LogP contribution is -2.33. The molecule has 0 bridgehead atoms. The molecule has 0 atom stereocenters. The maximum absolute atomic E-state index is 12.2. The van der Waals surface area contributed by atoms with Gasteiger partial charge in [0.05, 0.1) is 14.2 Å². The van der Waals surface area contributed by atoms with Gasteiger partial charge in [0, 0.05) is 26.0 Å². The lowest BCUT2D eigenvalue weighted by atomic mass is 10.1. The molecule has 120 valence electrons. The Morgan fingerprint density at radius 1 is 1.23 bits per heavy atom. The number of methoxy groups -OCH3 is 2. The summed E-state index contributed by atoms with van der Waals surface area (Å²) in [5.41, 5.74) is 0.963. The lowest BCUT2D eigenvalue weighted by Gasteiger charge is -2.17. The maximum Gasteiger partial charge on any atom is 0.308 e. The minimum Gasteiger partial charge on any atom is -0.493 e. The van der Waals surface area contributed by atoms with Crippen molar-refractivity contribution >= 4 is 10.2 Å².